The topological polar surface area (TPSA) is 33.6 Å². The van der Waals surface area contributed by atoms with Crippen molar-refractivity contribution in [3.63, 3.8) is 0 Å². The maximum absolute atomic E-state index is 5.34. The highest BCUT2D eigenvalue weighted by atomic mass is 79.9. The number of halogens is 1. The molecule has 3 nitrogen and oxygen atoms in total. The molecule has 84 valence electrons. The maximum Gasteiger partial charge on any atom is 0.182 e. The van der Waals surface area contributed by atoms with E-state index >= 15 is 0 Å². The molecule has 0 saturated carbocycles. The highest BCUT2D eigenvalue weighted by Crippen LogP contribution is 2.20. The van der Waals surface area contributed by atoms with Crippen LogP contribution in [0.4, 0.5) is 0 Å². The smallest absolute Gasteiger partial charge is 0.182 e. The largest absolute Gasteiger partial charge is 0.329 e. The number of nitrogens with one attached hydrogen (secondary N) is 1. The van der Waals surface area contributed by atoms with Gasteiger partial charge in [-0.1, -0.05) is 15.9 Å². The first-order chi connectivity index (χ1) is 8.25. The quantitative estimate of drug-likeness (QED) is 0.693. The normalized spacial score (nSPS) is 10.9. The third-order valence-electron chi connectivity index (χ3n) is 2.57. The number of aromatic amines is 1. The Morgan fingerprint density at radius 2 is 1.94 bits per heavy atom. The molecule has 0 atom stereocenters. The molecule has 5 heteroatoms. The van der Waals surface area contributed by atoms with Crippen LogP contribution in [0.5, 0.6) is 0 Å². The summed E-state index contributed by atoms with van der Waals surface area (Å²) in [5.41, 5.74) is 3.02. The average molecular weight is 306 g/mol. The lowest BCUT2D eigenvalue weighted by atomic mass is 10.3. The predicted octanol–water partition coefficient (Wildman–Crippen LogP) is 3.85. The van der Waals surface area contributed by atoms with Crippen LogP contribution in [0, 0.1) is 4.77 Å². The van der Waals surface area contributed by atoms with E-state index in [1.54, 1.807) is 12.4 Å². The number of hydrogen-bond acceptors (Lipinski definition) is 2. The summed E-state index contributed by atoms with van der Waals surface area (Å²) in [6.07, 6.45) is 3.54. The van der Waals surface area contributed by atoms with Gasteiger partial charge in [-0.15, -0.1) is 0 Å². The zero-order chi connectivity index (χ0) is 11.8. The maximum atomic E-state index is 5.34. The third kappa shape index (κ3) is 1.81. The molecular formula is C12H8BrN3S. The van der Waals surface area contributed by atoms with Crippen LogP contribution in [-0.4, -0.2) is 14.5 Å². The Morgan fingerprint density at radius 1 is 1.18 bits per heavy atom. The second-order valence-electron chi connectivity index (χ2n) is 3.63. The summed E-state index contributed by atoms with van der Waals surface area (Å²) in [7, 11) is 0. The van der Waals surface area contributed by atoms with Gasteiger partial charge in [0.25, 0.3) is 0 Å². The molecule has 0 unspecified atom stereocenters. The number of fused-ring (bicyclic) bond motifs is 1. The molecule has 0 aliphatic rings. The number of imidazole rings is 1. The first-order valence-electron chi connectivity index (χ1n) is 5.06. The number of H-pyrrole nitrogens is 1. The molecule has 0 fully saturated rings. The van der Waals surface area contributed by atoms with Crippen LogP contribution in [-0.2, 0) is 0 Å². The van der Waals surface area contributed by atoms with E-state index in [4.69, 9.17) is 12.2 Å². The molecular weight excluding hydrogens is 298 g/mol. The van der Waals surface area contributed by atoms with Gasteiger partial charge in [0, 0.05) is 16.4 Å². The van der Waals surface area contributed by atoms with E-state index in [-0.39, 0.29) is 0 Å². The van der Waals surface area contributed by atoms with Crippen molar-refractivity contribution >= 4 is 39.2 Å². The zero-order valence-electron chi connectivity index (χ0n) is 8.72. The van der Waals surface area contributed by atoms with Crippen molar-refractivity contribution in [1.82, 2.24) is 14.5 Å². The number of rotatable bonds is 1. The first-order valence-corrected chi connectivity index (χ1v) is 6.26. The summed E-state index contributed by atoms with van der Waals surface area (Å²) in [6, 6.07) is 9.99. The van der Waals surface area contributed by atoms with Gasteiger partial charge in [-0.3, -0.25) is 9.55 Å². The van der Waals surface area contributed by atoms with Gasteiger partial charge < -0.3 is 4.98 Å². The second kappa shape index (κ2) is 4.09. The lowest BCUT2D eigenvalue weighted by Crippen LogP contribution is -1.93. The Kier molecular flexibility index (Phi) is 2.57. The molecule has 0 bridgehead atoms. The zero-order valence-corrected chi connectivity index (χ0v) is 11.1. The van der Waals surface area contributed by atoms with Gasteiger partial charge in [0.15, 0.2) is 4.77 Å². The van der Waals surface area contributed by atoms with E-state index in [1.807, 2.05) is 34.9 Å². The fourth-order valence-electron chi connectivity index (χ4n) is 1.81. The monoisotopic (exact) mass is 305 g/mol. The first kappa shape index (κ1) is 10.7. The Hall–Kier alpha value is -1.46. The van der Waals surface area contributed by atoms with Crippen molar-refractivity contribution < 1.29 is 0 Å². The Bertz CT molecular complexity index is 727. The SMILES string of the molecule is S=c1[nH]c2cnccc2n1-c1ccc(Br)cc1. The molecule has 0 aliphatic heterocycles. The minimum atomic E-state index is 0.676. The number of nitrogens with zero attached hydrogens (tertiary/aromatic N) is 2. The van der Waals surface area contributed by atoms with Crippen molar-refractivity contribution in [2.24, 2.45) is 0 Å². The highest BCUT2D eigenvalue weighted by molar-refractivity contribution is 9.10. The van der Waals surface area contributed by atoms with Crippen LogP contribution >= 0.6 is 28.1 Å². The number of pyridine rings is 1. The van der Waals surface area contributed by atoms with Crippen molar-refractivity contribution in [2.75, 3.05) is 0 Å². The van der Waals surface area contributed by atoms with Crippen molar-refractivity contribution in [1.29, 1.82) is 0 Å². The van der Waals surface area contributed by atoms with Gasteiger partial charge in [0.2, 0.25) is 0 Å². The number of benzene rings is 1. The molecule has 2 heterocycles. The van der Waals surface area contributed by atoms with Gasteiger partial charge in [0.05, 0.1) is 17.2 Å². The van der Waals surface area contributed by atoms with E-state index in [1.165, 1.54) is 0 Å². The average Bonchev–Trinajstić information content (AvgIpc) is 2.66. The molecule has 0 spiro atoms. The summed E-state index contributed by atoms with van der Waals surface area (Å²) in [5, 5.41) is 0. The van der Waals surface area contributed by atoms with Gasteiger partial charge in [-0.25, -0.2) is 0 Å². The second-order valence-corrected chi connectivity index (χ2v) is 4.94. The minimum Gasteiger partial charge on any atom is -0.329 e. The Balaban J connectivity index is 2.33. The van der Waals surface area contributed by atoms with Crippen molar-refractivity contribution in [3.05, 3.63) is 52.0 Å². The van der Waals surface area contributed by atoms with Crippen LogP contribution in [0.2, 0.25) is 0 Å². The summed E-state index contributed by atoms with van der Waals surface area (Å²) in [4.78, 5) is 7.22. The number of hydrogen-bond donors (Lipinski definition) is 1. The van der Waals surface area contributed by atoms with Gasteiger partial charge in [0.1, 0.15) is 0 Å². The molecule has 3 rings (SSSR count). The fourth-order valence-corrected chi connectivity index (χ4v) is 2.38. The Morgan fingerprint density at radius 3 is 2.71 bits per heavy atom. The van der Waals surface area contributed by atoms with Crippen molar-refractivity contribution in [3.8, 4) is 5.69 Å². The summed E-state index contributed by atoms with van der Waals surface area (Å²) in [6.45, 7) is 0. The molecule has 0 saturated heterocycles. The summed E-state index contributed by atoms with van der Waals surface area (Å²) in [5.74, 6) is 0. The van der Waals surface area contributed by atoms with Gasteiger partial charge in [-0.2, -0.15) is 0 Å². The lowest BCUT2D eigenvalue weighted by molar-refractivity contribution is 1.06. The van der Waals surface area contributed by atoms with Crippen LogP contribution in [0.25, 0.3) is 16.7 Å². The van der Waals surface area contributed by atoms with E-state index < -0.39 is 0 Å². The van der Waals surface area contributed by atoms with Crippen LogP contribution in [0.3, 0.4) is 0 Å². The van der Waals surface area contributed by atoms with Gasteiger partial charge >= 0.3 is 0 Å². The van der Waals surface area contributed by atoms with Crippen LogP contribution in [0.1, 0.15) is 0 Å². The predicted molar refractivity (Wildman–Crippen MR) is 74.0 cm³/mol. The van der Waals surface area contributed by atoms with E-state index in [2.05, 4.69) is 25.9 Å². The minimum absolute atomic E-state index is 0.676. The van der Waals surface area contributed by atoms with E-state index in [0.717, 1.165) is 21.2 Å². The standard InChI is InChI=1S/C12H8BrN3S/c13-8-1-3-9(4-2-8)16-11-5-6-14-7-10(11)15-12(16)17/h1-7H,(H,15,17). The van der Waals surface area contributed by atoms with E-state index in [9.17, 15) is 0 Å². The molecule has 17 heavy (non-hydrogen) atoms. The molecule has 0 amide bonds. The molecule has 0 radical (unpaired) electrons. The molecule has 3 aromatic rings. The molecule has 2 aromatic heterocycles. The summed E-state index contributed by atoms with van der Waals surface area (Å²) < 4.78 is 3.73. The molecule has 0 aliphatic carbocycles. The van der Waals surface area contributed by atoms with Crippen LogP contribution < -0.4 is 0 Å². The fraction of sp³-hybridized carbons (Fsp3) is 0. The van der Waals surface area contributed by atoms with Gasteiger partial charge in [-0.05, 0) is 42.5 Å². The third-order valence-corrected chi connectivity index (χ3v) is 3.38. The summed E-state index contributed by atoms with van der Waals surface area (Å²) >= 11 is 8.76. The Labute approximate surface area is 111 Å². The lowest BCUT2D eigenvalue weighted by Gasteiger charge is -2.04. The van der Waals surface area contributed by atoms with Crippen molar-refractivity contribution in [2.45, 2.75) is 0 Å². The van der Waals surface area contributed by atoms with E-state index in [0.29, 0.717) is 4.77 Å². The molecule has 1 N–H and O–H groups in total. The highest BCUT2D eigenvalue weighted by Gasteiger charge is 2.05. The van der Waals surface area contributed by atoms with Crippen LogP contribution in [0.15, 0.2) is 47.2 Å². The molecule has 1 aromatic carbocycles. The number of aromatic nitrogens is 3.